The van der Waals surface area contributed by atoms with Gasteiger partial charge < -0.3 is 10.1 Å². The first-order valence-corrected chi connectivity index (χ1v) is 7.35. The number of fused-ring (bicyclic) bond motifs is 1. The van der Waals surface area contributed by atoms with Gasteiger partial charge in [-0.1, -0.05) is 47.1 Å². The second kappa shape index (κ2) is 5.25. The fourth-order valence-electron chi connectivity index (χ4n) is 2.35. The summed E-state index contributed by atoms with van der Waals surface area (Å²) in [4.78, 5) is 0. The fourth-order valence-corrected chi connectivity index (χ4v) is 2.89. The minimum atomic E-state index is 0.0514. The lowest BCUT2D eigenvalue weighted by Crippen LogP contribution is -2.24. The summed E-state index contributed by atoms with van der Waals surface area (Å²) in [6.07, 6.45) is 1.10. The topological polar surface area (TPSA) is 21.3 Å². The van der Waals surface area contributed by atoms with Gasteiger partial charge in [0.15, 0.2) is 0 Å². The Morgan fingerprint density at radius 3 is 2.89 bits per heavy atom. The third-order valence-electron chi connectivity index (χ3n) is 3.45. The highest BCUT2D eigenvalue weighted by atomic mass is 79.9. The van der Waals surface area contributed by atoms with Gasteiger partial charge in [0, 0.05) is 10.0 Å². The van der Waals surface area contributed by atoms with E-state index in [1.807, 2.05) is 18.2 Å². The summed E-state index contributed by atoms with van der Waals surface area (Å²) in [6, 6.07) is 14.6. The summed E-state index contributed by atoms with van der Waals surface area (Å²) < 4.78 is 7.20. The molecule has 1 aliphatic heterocycles. The van der Waals surface area contributed by atoms with Gasteiger partial charge in [0.05, 0.1) is 12.2 Å². The summed E-state index contributed by atoms with van der Waals surface area (Å²) in [5, 5.41) is 3.47. The molecule has 3 rings (SSSR count). The number of rotatable bonds is 2. The third-order valence-corrected chi connectivity index (χ3v) is 4.17. The molecule has 19 heavy (non-hydrogen) atoms. The van der Waals surface area contributed by atoms with Crippen molar-refractivity contribution in [3.63, 3.8) is 0 Å². The maximum Gasteiger partial charge on any atom is 0.143 e. The molecular weight excluding hydrogens is 302 g/mol. The molecular formula is C16H16BrNO. The van der Waals surface area contributed by atoms with Gasteiger partial charge in [0.25, 0.3) is 0 Å². The van der Waals surface area contributed by atoms with E-state index >= 15 is 0 Å². The van der Waals surface area contributed by atoms with Crippen molar-refractivity contribution in [1.82, 2.24) is 0 Å². The molecule has 0 aliphatic carbocycles. The van der Waals surface area contributed by atoms with Crippen molar-refractivity contribution < 1.29 is 4.74 Å². The first kappa shape index (κ1) is 12.5. The van der Waals surface area contributed by atoms with E-state index < -0.39 is 0 Å². The molecule has 98 valence electrons. The standard InChI is InChI=1S/C16H16BrNO/c1-2-11-7-8-15-14(9-11)18-10-16(19-15)12-5-3-4-6-13(12)17/h3-9,16,18H,2,10H2,1H3. The van der Waals surface area contributed by atoms with E-state index in [9.17, 15) is 0 Å². The molecule has 0 fully saturated rings. The third kappa shape index (κ3) is 2.47. The van der Waals surface area contributed by atoms with Crippen LogP contribution in [0.3, 0.4) is 0 Å². The number of hydrogen-bond acceptors (Lipinski definition) is 2. The van der Waals surface area contributed by atoms with E-state index in [1.54, 1.807) is 0 Å². The van der Waals surface area contributed by atoms with Gasteiger partial charge in [-0.25, -0.2) is 0 Å². The van der Waals surface area contributed by atoms with Gasteiger partial charge in [0.2, 0.25) is 0 Å². The Bertz CT molecular complexity index is 597. The molecule has 2 aromatic rings. The molecule has 0 spiro atoms. The van der Waals surface area contributed by atoms with Gasteiger partial charge in [-0.15, -0.1) is 0 Å². The molecule has 3 heteroatoms. The summed E-state index contributed by atoms with van der Waals surface area (Å²) in [5.74, 6) is 0.934. The van der Waals surface area contributed by atoms with Gasteiger partial charge in [-0.3, -0.25) is 0 Å². The van der Waals surface area contributed by atoms with Crippen LogP contribution < -0.4 is 10.1 Å². The zero-order chi connectivity index (χ0) is 13.2. The van der Waals surface area contributed by atoms with E-state index in [0.29, 0.717) is 0 Å². The van der Waals surface area contributed by atoms with Crippen LogP contribution >= 0.6 is 15.9 Å². The SMILES string of the molecule is CCc1ccc2c(c1)NCC(c1ccccc1Br)O2. The summed E-state index contributed by atoms with van der Waals surface area (Å²) in [5.41, 5.74) is 3.61. The first-order valence-electron chi connectivity index (χ1n) is 6.56. The number of hydrogen-bond donors (Lipinski definition) is 1. The summed E-state index contributed by atoms with van der Waals surface area (Å²) >= 11 is 3.59. The summed E-state index contributed by atoms with van der Waals surface area (Å²) in [7, 11) is 0. The van der Waals surface area contributed by atoms with Crippen molar-refractivity contribution in [2.45, 2.75) is 19.4 Å². The van der Waals surface area contributed by atoms with Gasteiger partial charge in [0.1, 0.15) is 11.9 Å². The maximum absolute atomic E-state index is 6.11. The molecule has 1 N–H and O–H groups in total. The zero-order valence-corrected chi connectivity index (χ0v) is 12.4. The molecule has 1 atom stereocenters. The summed E-state index contributed by atoms with van der Waals surface area (Å²) in [6.45, 7) is 2.96. The molecule has 0 saturated heterocycles. The Kier molecular flexibility index (Phi) is 3.47. The van der Waals surface area contributed by atoms with E-state index in [0.717, 1.165) is 28.9 Å². The zero-order valence-electron chi connectivity index (χ0n) is 10.8. The van der Waals surface area contributed by atoms with Crippen LogP contribution in [0, 0.1) is 0 Å². The molecule has 0 aromatic heterocycles. The van der Waals surface area contributed by atoms with Crippen molar-refractivity contribution in [1.29, 1.82) is 0 Å². The van der Waals surface area contributed by atoms with Crippen LogP contribution in [0.2, 0.25) is 0 Å². The molecule has 0 bridgehead atoms. The molecule has 1 heterocycles. The highest BCUT2D eigenvalue weighted by molar-refractivity contribution is 9.10. The van der Waals surface area contributed by atoms with Gasteiger partial charge in [-0.05, 0) is 30.2 Å². The molecule has 2 nitrogen and oxygen atoms in total. The van der Waals surface area contributed by atoms with Crippen LogP contribution in [-0.2, 0) is 6.42 Å². The normalized spacial score (nSPS) is 17.3. The predicted molar refractivity (Wildman–Crippen MR) is 81.8 cm³/mol. The average molecular weight is 318 g/mol. The lowest BCUT2D eigenvalue weighted by atomic mass is 10.1. The monoisotopic (exact) mass is 317 g/mol. The second-order valence-electron chi connectivity index (χ2n) is 4.69. The smallest absolute Gasteiger partial charge is 0.143 e. The number of ether oxygens (including phenoxy) is 1. The molecule has 1 unspecified atom stereocenters. The van der Waals surface area contributed by atoms with E-state index in [1.165, 1.54) is 11.1 Å². The molecule has 0 radical (unpaired) electrons. The highest BCUT2D eigenvalue weighted by Gasteiger charge is 2.22. The molecule has 1 aliphatic rings. The number of benzene rings is 2. The quantitative estimate of drug-likeness (QED) is 0.876. The average Bonchev–Trinajstić information content (AvgIpc) is 2.46. The second-order valence-corrected chi connectivity index (χ2v) is 5.55. The Morgan fingerprint density at radius 2 is 2.11 bits per heavy atom. The van der Waals surface area contributed by atoms with Crippen LogP contribution in [0.5, 0.6) is 5.75 Å². The Labute approximate surface area is 121 Å². The lowest BCUT2D eigenvalue weighted by Gasteiger charge is -2.28. The molecule has 0 saturated carbocycles. The van der Waals surface area contributed by atoms with Crippen LogP contribution in [0.15, 0.2) is 46.9 Å². The minimum Gasteiger partial charge on any atom is -0.482 e. The first-order chi connectivity index (χ1) is 9.28. The predicted octanol–water partition coefficient (Wildman–Crippen LogP) is 4.56. The lowest BCUT2D eigenvalue weighted by molar-refractivity contribution is 0.209. The Hall–Kier alpha value is -1.48. The van der Waals surface area contributed by atoms with Crippen molar-refractivity contribution in [3.8, 4) is 5.75 Å². The Balaban J connectivity index is 1.88. The van der Waals surface area contributed by atoms with E-state index in [4.69, 9.17) is 4.74 Å². The van der Waals surface area contributed by atoms with Crippen molar-refractivity contribution in [3.05, 3.63) is 58.1 Å². The number of halogens is 1. The number of aryl methyl sites for hydroxylation is 1. The highest BCUT2D eigenvalue weighted by Crippen LogP contribution is 2.36. The number of nitrogens with one attached hydrogen (secondary N) is 1. The molecule has 0 amide bonds. The van der Waals surface area contributed by atoms with Crippen LogP contribution in [0.1, 0.15) is 24.2 Å². The van der Waals surface area contributed by atoms with Gasteiger partial charge >= 0.3 is 0 Å². The number of anilines is 1. The van der Waals surface area contributed by atoms with Crippen molar-refractivity contribution in [2.24, 2.45) is 0 Å². The molecule has 2 aromatic carbocycles. The Morgan fingerprint density at radius 1 is 1.26 bits per heavy atom. The largest absolute Gasteiger partial charge is 0.482 e. The van der Waals surface area contributed by atoms with Crippen LogP contribution in [-0.4, -0.2) is 6.54 Å². The van der Waals surface area contributed by atoms with E-state index in [-0.39, 0.29) is 6.10 Å². The van der Waals surface area contributed by atoms with Gasteiger partial charge in [-0.2, -0.15) is 0 Å². The van der Waals surface area contributed by atoms with Crippen molar-refractivity contribution >= 4 is 21.6 Å². The maximum atomic E-state index is 6.11. The minimum absolute atomic E-state index is 0.0514. The van der Waals surface area contributed by atoms with Crippen LogP contribution in [0.25, 0.3) is 0 Å². The fraction of sp³-hybridized carbons (Fsp3) is 0.250. The van der Waals surface area contributed by atoms with Crippen LogP contribution in [0.4, 0.5) is 5.69 Å². The van der Waals surface area contributed by atoms with Crippen molar-refractivity contribution in [2.75, 3.05) is 11.9 Å². The van der Waals surface area contributed by atoms with E-state index in [2.05, 4.69) is 52.4 Å².